The summed E-state index contributed by atoms with van der Waals surface area (Å²) in [4.78, 5) is 44.4. The number of nitrogens with one attached hydrogen (secondary N) is 3. The highest BCUT2D eigenvalue weighted by molar-refractivity contribution is 7.80. The molecule has 0 spiro atoms. The van der Waals surface area contributed by atoms with E-state index >= 15 is 0 Å². The first-order valence-corrected chi connectivity index (χ1v) is 6.64. The Kier molecular flexibility index (Phi) is 9.18. The second-order valence-electron chi connectivity index (χ2n) is 3.94. The first-order chi connectivity index (χ1) is 9.40. The van der Waals surface area contributed by atoms with E-state index in [9.17, 15) is 19.2 Å². The van der Waals surface area contributed by atoms with E-state index in [1.165, 1.54) is 7.05 Å². The first kappa shape index (κ1) is 18.2. The van der Waals surface area contributed by atoms with Gasteiger partial charge < -0.3 is 21.1 Å². The number of carboxylic acids is 1. The molecule has 0 aliphatic rings. The molecule has 0 saturated heterocycles. The van der Waals surface area contributed by atoms with Crippen molar-refractivity contribution in [1.82, 2.24) is 16.0 Å². The minimum Gasteiger partial charge on any atom is -0.481 e. The molecular formula is C11H19N3O5S. The summed E-state index contributed by atoms with van der Waals surface area (Å²) >= 11 is 3.95. The lowest BCUT2D eigenvalue weighted by Gasteiger charge is -2.16. The van der Waals surface area contributed by atoms with Crippen LogP contribution in [0.3, 0.4) is 0 Å². The largest absolute Gasteiger partial charge is 0.481 e. The van der Waals surface area contributed by atoms with Gasteiger partial charge in [0, 0.05) is 25.6 Å². The highest BCUT2D eigenvalue weighted by atomic mass is 32.1. The molecule has 0 bridgehead atoms. The Balaban J connectivity index is 4.11. The zero-order valence-electron chi connectivity index (χ0n) is 11.1. The lowest BCUT2D eigenvalue weighted by molar-refractivity contribution is -0.137. The van der Waals surface area contributed by atoms with Crippen LogP contribution in [0.4, 0.5) is 0 Å². The van der Waals surface area contributed by atoms with Crippen LogP contribution in [0.25, 0.3) is 0 Å². The lowest BCUT2D eigenvalue weighted by atomic mass is 10.2. The zero-order valence-corrected chi connectivity index (χ0v) is 12.0. The maximum absolute atomic E-state index is 11.7. The standard InChI is InChI=1S/C11H19N3O5S/c1-12-9(16)5-13-11(19)7(6-20)14-8(15)3-2-4-10(17)18/h7,20H,2-6H2,1H3,(H,12,16)(H,13,19)(H,14,15)(H,17,18). The number of hydrogen-bond donors (Lipinski definition) is 5. The summed E-state index contributed by atoms with van der Waals surface area (Å²) in [5.41, 5.74) is 0. The molecule has 9 heteroatoms. The Morgan fingerprint density at radius 2 is 1.80 bits per heavy atom. The summed E-state index contributed by atoms with van der Waals surface area (Å²) in [5.74, 6) is -2.21. The molecule has 0 aromatic rings. The number of likely N-dealkylation sites (N-methyl/N-ethyl adjacent to an activating group) is 1. The Morgan fingerprint density at radius 3 is 2.30 bits per heavy atom. The molecule has 1 unspecified atom stereocenters. The summed E-state index contributed by atoms with van der Waals surface area (Å²) in [7, 11) is 1.44. The minimum atomic E-state index is -0.980. The SMILES string of the molecule is CNC(=O)CNC(=O)C(CS)NC(=O)CCCC(=O)O. The molecule has 0 radical (unpaired) electrons. The number of thiol groups is 1. The van der Waals surface area contributed by atoms with Crippen LogP contribution in [0.5, 0.6) is 0 Å². The monoisotopic (exact) mass is 305 g/mol. The third-order valence-corrected chi connectivity index (χ3v) is 2.70. The van der Waals surface area contributed by atoms with E-state index in [2.05, 4.69) is 28.6 Å². The number of carbonyl (C=O) groups is 4. The van der Waals surface area contributed by atoms with E-state index < -0.39 is 23.8 Å². The van der Waals surface area contributed by atoms with E-state index in [1.54, 1.807) is 0 Å². The van der Waals surface area contributed by atoms with Gasteiger partial charge in [-0.3, -0.25) is 19.2 Å². The predicted molar refractivity (Wildman–Crippen MR) is 74.3 cm³/mol. The Hall–Kier alpha value is -1.77. The van der Waals surface area contributed by atoms with Crippen LogP contribution in [0.1, 0.15) is 19.3 Å². The molecule has 0 aromatic heterocycles. The highest BCUT2D eigenvalue weighted by Crippen LogP contribution is 1.97. The second-order valence-corrected chi connectivity index (χ2v) is 4.31. The van der Waals surface area contributed by atoms with E-state index in [1.807, 2.05) is 0 Å². The lowest BCUT2D eigenvalue weighted by Crippen LogP contribution is -2.49. The van der Waals surface area contributed by atoms with Gasteiger partial charge in [-0.05, 0) is 6.42 Å². The van der Waals surface area contributed by atoms with Gasteiger partial charge in [0.2, 0.25) is 17.7 Å². The number of aliphatic carboxylic acids is 1. The fourth-order valence-electron chi connectivity index (χ4n) is 1.24. The van der Waals surface area contributed by atoms with Crippen molar-refractivity contribution in [3.05, 3.63) is 0 Å². The topological polar surface area (TPSA) is 125 Å². The minimum absolute atomic E-state index is 0.0132. The average molecular weight is 305 g/mol. The van der Waals surface area contributed by atoms with Gasteiger partial charge in [-0.1, -0.05) is 0 Å². The zero-order chi connectivity index (χ0) is 15.5. The quantitative estimate of drug-likeness (QED) is 0.332. The molecule has 8 nitrogen and oxygen atoms in total. The van der Waals surface area contributed by atoms with E-state index in [0.717, 1.165) is 0 Å². The maximum Gasteiger partial charge on any atom is 0.303 e. The summed E-state index contributed by atoms with van der Waals surface area (Å²) in [5, 5.41) is 15.6. The molecule has 0 rings (SSSR count). The van der Waals surface area contributed by atoms with Crippen molar-refractivity contribution in [1.29, 1.82) is 0 Å². The molecule has 0 aliphatic heterocycles. The molecule has 3 amide bonds. The molecule has 4 N–H and O–H groups in total. The number of rotatable bonds is 9. The van der Waals surface area contributed by atoms with Crippen molar-refractivity contribution < 1.29 is 24.3 Å². The third kappa shape index (κ3) is 8.35. The van der Waals surface area contributed by atoms with Crippen molar-refractivity contribution in [2.45, 2.75) is 25.3 Å². The predicted octanol–water partition coefficient (Wildman–Crippen LogP) is -1.48. The van der Waals surface area contributed by atoms with Crippen LogP contribution in [0, 0.1) is 0 Å². The number of hydrogen-bond acceptors (Lipinski definition) is 5. The first-order valence-electron chi connectivity index (χ1n) is 6.01. The number of carbonyl (C=O) groups excluding carboxylic acids is 3. The van der Waals surface area contributed by atoms with Gasteiger partial charge in [-0.2, -0.15) is 12.6 Å². The summed E-state index contributed by atoms with van der Waals surface area (Å²) in [6, 6.07) is -0.861. The van der Waals surface area contributed by atoms with E-state index in [-0.39, 0.29) is 37.5 Å². The van der Waals surface area contributed by atoms with Gasteiger partial charge in [0.15, 0.2) is 0 Å². The number of carboxylic acid groups (broad SMARTS) is 1. The van der Waals surface area contributed by atoms with Crippen LogP contribution in [0.15, 0.2) is 0 Å². The number of amides is 3. The van der Waals surface area contributed by atoms with E-state index in [4.69, 9.17) is 5.11 Å². The van der Waals surface area contributed by atoms with Gasteiger partial charge in [-0.25, -0.2) is 0 Å². The summed E-state index contributed by atoms with van der Waals surface area (Å²) < 4.78 is 0. The van der Waals surface area contributed by atoms with Crippen LogP contribution in [-0.2, 0) is 19.2 Å². The molecule has 0 aromatic carbocycles. The summed E-state index contributed by atoms with van der Waals surface area (Å²) in [6.45, 7) is -0.186. The van der Waals surface area contributed by atoms with Gasteiger partial charge in [0.05, 0.1) is 6.54 Å². The van der Waals surface area contributed by atoms with E-state index in [0.29, 0.717) is 0 Å². The normalized spacial score (nSPS) is 11.3. The van der Waals surface area contributed by atoms with Crippen LogP contribution < -0.4 is 16.0 Å². The maximum atomic E-state index is 11.7. The van der Waals surface area contributed by atoms with Crippen molar-refractivity contribution in [2.24, 2.45) is 0 Å². The summed E-state index contributed by atoms with van der Waals surface area (Å²) in [6.07, 6.45) is 0.0987. The molecule has 20 heavy (non-hydrogen) atoms. The Bertz CT molecular complexity index is 375. The average Bonchev–Trinajstić information content (AvgIpc) is 2.41. The van der Waals surface area contributed by atoms with Crippen molar-refractivity contribution >= 4 is 36.3 Å². The smallest absolute Gasteiger partial charge is 0.303 e. The molecule has 0 aliphatic carbocycles. The van der Waals surface area contributed by atoms with Crippen molar-refractivity contribution in [2.75, 3.05) is 19.3 Å². The molecule has 114 valence electrons. The van der Waals surface area contributed by atoms with Crippen molar-refractivity contribution in [3.63, 3.8) is 0 Å². The Labute approximate surface area is 122 Å². The third-order valence-electron chi connectivity index (χ3n) is 2.33. The van der Waals surface area contributed by atoms with Crippen LogP contribution >= 0.6 is 12.6 Å². The van der Waals surface area contributed by atoms with Gasteiger partial charge >= 0.3 is 5.97 Å². The van der Waals surface area contributed by atoms with Crippen molar-refractivity contribution in [3.8, 4) is 0 Å². The van der Waals surface area contributed by atoms with Gasteiger partial charge in [0.25, 0.3) is 0 Å². The molecular weight excluding hydrogens is 286 g/mol. The highest BCUT2D eigenvalue weighted by Gasteiger charge is 2.19. The fourth-order valence-corrected chi connectivity index (χ4v) is 1.50. The second kappa shape index (κ2) is 10.1. The van der Waals surface area contributed by atoms with Gasteiger partial charge in [0.1, 0.15) is 6.04 Å². The molecule has 0 fully saturated rings. The fraction of sp³-hybridized carbons (Fsp3) is 0.636. The van der Waals surface area contributed by atoms with Crippen LogP contribution in [0.2, 0.25) is 0 Å². The Morgan fingerprint density at radius 1 is 1.15 bits per heavy atom. The molecule has 0 heterocycles. The molecule has 1 atom stereocenters. The van der Waals surface area contributed by atoms with Crippen LogP contribution in [-0.4, -0.2) is 54.2 Å². The van der Waals surface area contributed by atoms with Gasteiger partial charge in [-0.15, -0.1) is 0 Å². The molecule has 0 saturated carbocycles.